The fourth-order valence-electron chi connectivity index (χ4n) is 3.62. The van der Waals surface area contributed by atoms with E-state index in [0.717, 1.165) is 43.5 Å². The van der Waals surface area contributed by atoms with Gasteiger partial charge in [-0.15, -0.1) is 0 Å². The Hall–Kier alpha value is -2.77. The van der Waals surface area contributed by atoms with E-state index in [9.17, 15) is 10.0 Å². The Balaban J connectivity index is 1.85. The van der Waals surface area contributed by atoms with E-state index in [1.54, 1.807) is 36.5 Å². The summed E-state index contributed by atoms with van der Waals surface area (Å²) in [5.74, 6) is 0.0234. The van der Waals surface area contributed by atoms with Crippen molar-refractivity contribution < 1.29 is 10.0 Å². The molecule has 1 unspecified atom stereocenters. The maximum absolute atomic E-state index is 12.3. The van der Waals surface area contributed by atoms with E-state index in [2.05, 4.69) is 24.1 Å². The van der Waals surface area contributed by atoms with Crippen molar-refractivity contribution in [3.63, 3.8) is 0 Å². The molecule has 164 valence electrons. The maximum atomic E-state index is 12.3. The minimum atomic E-state index is -0.524. The van der Waals surface area contributed by atoms with E-state index >= 15 is 0 Å². The molecule has 1 aliphatic heterocycles. The molecule has 1 aromatic heterocycles. The summed E-state index contributed by atoms with van der Waals surface area (Å²) in [5.41, 5.74) is 3.59. The van der Waals surface area contributed by atoms with E-state index in [-0.39, 0.29) is 0 Å². The molecule has 1 atom stereocenters. The number of nitrogens with zero attached hydrogens (tertiary/aromatic N) is 4. The van der Waals surface area contributed by atoms with Crippen molar-refractivity contribution in [3.8, 4) is 0 Å². The van der Waals surface area contributed by atoms with Gasteiger partial charge in [0.2, 0.25) is 0 Å². The molecule has 0 aliphatic carbocycles. The number of carbonyl (C=O) groups is 1. The summed E-state index contributed by atoms with van der Waals surface area (Å²) in [6, 6.07) is 9.04. The summed E-state index contributed by atoms with van der Waals surface area (Å²) in [6.07, 6.45) is 6.39. The van der Waals surface area contributed by atoms with Crippen LogP contribution in [0.1, 0.15) is 56.3 Å². The standard InChI is InChI=1S/C23H28ClN5O2/c1-4-7-16-10-11-17(12-15(2)26-16)27-22-13-21(19(24)14-25-22)28-20-9-6-5-8-18(20)23(30)29(3)31/h5-6,8-9,13-14,16,31H,4,7,10-12H2,1-3H3,(H,25,28). The van der Waals surface area contributed by atoms with E-state index in [0.29, 0.717) is 38.9 Å². The van der Waals surface area contributed by atoms with Crippen LogP contribution in [-0.4, -0.2) is 45.7 Å². The Kier molecular flexibility index (Phi) is 7.76. The van der Waals surface area contributed by atoms with Crippen LogP contribution in [0.15, 0.2) is 46.5 Å². The molecule has 7 nitrogen and oxygen atoms in total. The van der Waals surface area contributed by atoms with Crippen molar-refractivity contribution in [1.82, 2.24) is 10.0 Å². The highest BCUT2D eigenvalue weighted by Gasteiger charge is 2.17. The van der Waals surface area contributed by atoms with Gasteiger partial charge in [0.05, 0.1) is 34.2 Å². The third-order valence-electron chi connectivity index (χ3n) is 5.09. The summed E-state index contributed by atoms with van der Waals surface area (Å²) in [4.78, 5) is 26.2. The topological polar surface area (TPSA) is 90.2 Å². The first-order valence-corrected chi connectivity index (χ1v) is 10.8. The first-order chi connectivity index (χ1) is 14.9. The number of hydroxylamine groups is 2. The van der Waals surface area contributed by atoms with Crippen molar-refractivity contribution in [2.24, 2.45) is 9.98 Å². The molecule has 1 amide bonds. The number of benzene rings is 1. The molecule has 31 heavy (non-hydrogen) atoms. The van der Waals surface area contributed by atoms with Gasteiger partial charge < -0.3 is 5.32 Å². The molecule has 0 radical (unpaired) electrons. The van der Waals surface area contributed by atoms with Gasteiger partial charge in [0, 0.05) is 31.0 Å². The predicted octanol–water partition coefficient (Wildman–Crippen LogP) is 5.83. The van der Waals surface area contributed by atoms with Crippen LogP contribution >= 0.6 is 11.6 Å². The van der Waals surface area contributed by atoms with Gasteiger partial charge in [-0.05, 0) is 38.3 Å². The van der Waals surface area contributed by atoms with Crippen molar-refractivity contribution in [2.75, 3.05) is 12.4 Å². The molecule has 1 aliphatic rings. The zero-order valence-electron chi connectivity index (χ0n) is 18.1. The number of para-hydroxylation sites is 1. The van der Waals surface area contributed by atoms with Crippen LogP contribution in [0.3, 0.4) is 0 Å². The zero-order valence-corrected chi connectivity index (χ0v) is 18.9. The van der Waals surface area contributed by atoms with Gasteiger partial charge in [0.25, 0.3) is 5.91 Å². The molecule has 0 saturated heterocycles. The highest BCUT2D eigenvalue weighted by Crippen LogP contribution is 2.30. The van der Waals surface area contributed by atoms with Gasteiger partial charge in [-0.1, -0.05) is 37.1 Å². The number of aromatic nitrogens is 1. The minimum absolute atomic E-state index is 0.325. The average Bonchev–Trinajstić information content (AvgIpc) is 2.91. The highest BCUT2D eigenvalue weighted by atomic mass is 35.5. The van der Waals surface area contributed by atoms with Crippen LogP contribution < -0.4 is 5.32 Å². The van der Waals surface area contributed by atoms with Crippen LogP contribution in [0.25, 0.3) is 0 Å². The van der Waals surface area contributed by atoms with Crippen LogP contribution in [0.4, 0.5) is 17.2 Å². The molecule has 2 heterocycles. The second-order valence-corrected chi connectivity index (χ2v) is 8.13. The van der Waals surface area contributed by atoms with Crippen molar-refractivity contribution in [3.05, 3.63) is 47.1 Å². The normalized spacial score (nSPS) is 17.8. The number of carbonyl (C=O) groups excluding carboxylic acids is 1. The first kappa shape index (κ1) is 22.9. The lowest BCUT2D eigenvalue weighted by atomic mass is 10.0. The zero-order chi connectivity index (χ0) is 22.4. The minimum Gasteiger partial charge on any atom is -0.353 e. The third kappa shape index (κ3) is 6.12. The average molecular weight is 442 g/mol. The number of hydrogen-bond donors (Lipinski definition) is 2. The second kappa shape index (κ2) is 10.5. The predicted molar refractivity (Wildman–Crippen MR) is 126 cm³/mol. The number of halogens is 1. The van der Waals surface area contributed by atoms with Crippen LogP contribution in [0, 0.1) is 0 Å². The summed E-state index contributed by atoms with van der Waals surface area (Å²) in [7, 11) is 1.29. The van der Waals surface area contributed by atoms with Crippen molar-refractivity contribution in [1.29, 1.82) is 0 Å². The molecule has 0 spiro atoms. The van der Waals surface area contributed by atoms with Gasteiger partial charge >= 0.3 is 0 Å². The second-order valence-electron chi connectivity index (χ2n) is 7.72. The smallest absolute Gasteiger partial charge is 0.279 e. The lowest BCUT2D eigenvalue weighted by Crippen LogP contribution is -2.23. The maximum Gasteiger partial charge on any atom is 0.279 e. The number of rotatable bonds is 6. The Bertz CT molecular complexity index is 1000. The molecule has 0 saturated carbocycles. The van der Waals surface area contributed by atoms with Crippen LogP contribution in [0.2, 0.25) is 5.02 Å². The number of amides is 1. The largest absolute Gasteiger partial charge is 0.353 e. The number of pyridine rings is 1. The van der Waals surface area contributed by atoms with Gasteiger partial charge in [-0.2, -0.15) is 0 Å². The lowest BCUT2D eigenvalue weighted by molar-refractivity contribution is -0.0374. The summed E-state index contributed by atoms with van der Waals surface area (Å²) in [5, 5.41) is 13.7. The molecule has 3 rings (SSSR count). The van der Waals surface area contributed by atoms with E-state index in [1.165, 1.54) is 7.05 Å². The number of anilines is 2. The number of nitrogens with one attached hydrogen (secondary N) is 1. The Labute approximate surface area is 187 Å². The molecule has 1 aromatic carbocycles. The van der Waals surface area contributed by atoms with Crippen LogP contribution in [0.5, 0.6) is 0 Å². The van der Waals surface area contributed by atoms with E-state index in [4.69, 9.17) is 21.6 Å². The lowest BCUT2D eigenvalue weighted by Gasteiger charge is -2.15. The van der Waals surface area contributed by atoms with Gasteiger partial charge in [-0.25, -0.2) is 15.0 Å². The molecule has 0 fully saturated rings. The van der Waals surface area contributed by atoms with Gasteiger partial charge in [0.15, 0.2) is 5.82 Å². The summed E-state index contributed by atoms with van der Waals surface area (Å²) >= 11 is 6.35. The van der Waals surface area contributed by atoms with Gasteiger partial charge in [-0.3, -0.25) is 15.0 Å². The van der Waals surface area contributed by atoms with E-state index in [1.807, 2.05) is 0 Å². The molecular weight excluding hydrogens is 414 g/mol. The van der Waals surface area contributed by atoms with Crippen molar-refractivity contribution in [2.45, 2.75) is 52.0 Å². The quantitative estimate of drug-likeness (QED) is 0.436. The van der Waals surface area contributed by atoms with Crippen LogP contribution in [-0.2, 0) is 0 Å². The van der Waals surface area contributed by atoms with Crippen molar-refractivity contribution >= 4 is 46.1 Å². The molecular formula is C23H28ClN5O2. The number of aliphatic imine (C=N–C) groups is 2. The SMILES string of the molecule is CCCC1CCC(=Nc2cc(Nc3ccccc3C(=O)N(C)O)c(Cl)cn2)CC(C)=N1. The molecule has 2 N–H and O–H groups in total. The fraction of sp³-hybridized carbons (Fsp3) is 0.391. The third-order valence-corrected chi connectivity index (χ3v) is 5.39. The monoisotopic (exact) mass is 441 g/mol. The summed E-state index contributed by atoms with van der Waals surface area (Å²) in [6.45, 7) is 4.24. The molecule has 0 bridgehead atoms. The highest BCUT2D eigenvalue weighted by molar-refractivity contribution is 6.33. The fourth-order valence-corrected chi connectivity index (χ4v) is 3.77. The van der Waals surface area contributed by atoms with E-state index < -0.39 is 5.91 Å². The number of hydrogen-bond acceptors (Lipinski definition) is 6. The Morgan fingerprint density at radius 2 is 2.13 bits per heavy atom. The first-order valence-electron chi connectivity index (χ1n) is 10.5. The Morgan fingerprint density at radius 1 is 1.35 bits per heavy atom. The summed E-state index contributed by atoms with van der Waals surface area (Å²) < 4.78 is 0. The molecule has 2 aromatic rings. The van der Waals surface area contributed by atoms with Gasteiger partial charge in [0.1, 0.15) is 0 Å². The Morgan fingerprint density at radius 3 is 2.87 bits per heavy atom. The molecule has 8 heteroatoms.